The number of aryl methyl sites for hydroxylation is 1. The molecule has 0 radical (unpaired) electrons. The highest BCUT2D eigenvalue weighted by atomic mass is 31.2. The Hall–Kier alpha value is -2.18. The summed E-state index contributed by atoms with van der Waals surface area (Å²) in [4.78, 5) is 39.2. The van der Waals surface area contributed by atoms with E-state index in [2.05, 4.69) is 0 Å². The molecule has 218 valence electrons. The number of carbonyl (C=O) groups excluding carboxylic acids is 2. The zero-order valence-electron chi connectivity index (χ0n) is 23.8. The molecule has 8 nitrogen and oxygen atoms in total. The van der Waals surface area contributed by atoms with Crippen molar-refractivity contribution >= 4 is 25.2 Å². The quantitative estimate of drug-likeness (QED) is 0.126. The van der Waals surface area contributed by atoms with E-state index in [9.17, 15) is 24.1 Å². The summed E-state index contributed by atoms with van der Waals surface area (Å²) < 4.78 is 25.7. The van der Waals surface area contributed by atoms with Crippen LogP contribution in [-0.4, -0.2) is 59.1 Å². The topological polar surface area (TPSA) is 110 Å². The van der Waals surface area contributed by atoms with Crippen molar-refractivity contribution in [1.29, 1.82) is 0 Å². The Morgan fingerprint density at radius 3 is 2.36 bits per heavy atom. The van der Waals surface area contributed by atoms with Gasteiger partial charge in [-0.15, -0.1) is 0 Å². The predicted molar refractivity (Wildman–Crippen MR) is 151 cm³/mol. The number of benzene rings is 1. The van der Waals surface area contributed by atoms with Gasteiger partial charge in [0.15, 0.2) is 0 Å². The van der Waals surface area contributed by atoms with E-state index in [1.165, 1.54) is 16.9 Å². The number of aliphatic carboxylic acids is 1. The Labute approximate surface area is 233 Å². The highest BCUT2D eigenvalue weighted by Gasteiger charge is 2.44. The number of esters is 1. The first-order chi connectivity index (χ1) is 18.6. The zero-order chi connectivity index (χ0) is 28.4. The van der Waals surface area contributed by atoms with Crippen LogP contribution < -0.4 is 0 Å². The molecule has 0 unspecified atom stereocenters. The van der Waals surface area contributed by atoms with Crippen LogP contribution in [0, 0.1) is 17.8 Å². The number of amides is 1. The smallest absolute Gasteiger partial charge is 0.326 e. The molecule has 4 atom stereocenters. The third kappa shape index (κ3) is 9.46. The van der Waals surface area contributed by atoms with Crippen LogP contribution in [0.3, 0.4) is 0 Å². The molecule has 1 aliphatic carbocycles. The largest absolute Gasteiger partial charge is 0.480 e. The van der Waals surface area contributed by atoms with Crippen LogP contribution in [0.25, 0.3) is 0 Å². The van der Waals surface area contributed by atoms with Crippen molar-refractivity contribution in [2.75, 3.05) is 18.9 Å². The van der Waals surface area contributed by atoms with Gasteiger partial charge in [-0.25, -0.2) is 4.79 Å². The summed E-state index contributed by atoms with van der Waals surface area (Å²) in [7, 11) is -3.60. The molecule has 2 aliphatic rings. The van der Waals surface area contributed by atoms with E-state index in [1.807, 2.05) is 44.2 Å². The second-order valence-corrected chi connectivity index (χ2v) is 14.1. The average molecular weight is 564 g/mol. The predicted octanol–water partition coefficient (Wildman–Crippen LogP) is 6.12. The molecule has 1 aliphatic heterocycles. The van der Waals surface area contributed by atoms with Gasteiger partial charge in [0.05, 0.1) is 0 Å². The first-order valence-electron chi connectivity index (χ1n) is 14.6. The molecule has 0 bridgehead atoms. The van der Waals surface area contributed by atoms with E-state index in [-0.39, 0.29) is 30.6 Å². The maximum Gasteiger partial charge on any atom is 0.326 e. The maximum atomic E-state index is 14.2. The van der Waals surface area contributed by atoms with Crippen molar-refractivity contribution < 1.29 is 33.3 Å². The Balaban J connectivity index is 1.73. The third-order valence-electron chi connectivity index (χ3n) is 8.07. The number of hydrogen-bond donors (Lipinski definition) is 1. The summed E-state index contributed by atoms with van der Waals surface area (Å²) in [6, 6.07) is 9.10. The molecule has 2 fully saturated rings. The van der Waals surface area contributed by atoms with Crippen LogP contribution in [0.15, 0.2) is 30.3 Å². The van der Waals surface area contributed by atoms with Gasteiger partial charge in [-0.05, 0) is 43.1 Å². The lowest BCUT2D eigenvalue weighted by atomic mass is 9.79. The number of ether oxygens (including phenoxy) is 1. The molecule has 0 aromatic heterocycles. The summed E-state index contributed by atoms with van der Waals surface area (Å²) in [5.74, 6) is -1.61. The Bertz CT molecular complexity index is 992. The summed E-state index contributed by atoms with van der Waals surface area (Å²) in [5, 5.41) is 9.92. The molecule has 39 heavy (non-hydrogen) atoms. The first-order valence-corrected chi connectivity index (χ1v) is 16.6. The van der Waals surface area contributed by atoms with Crippen molar-refractivity contribution in [1.82, 2.24) is 4.90 Å². The van der Waals surface area contributed by atoms with Gasteiger partial charge in [-0.3, -0.25) is 18.7 Å². The van der Waals surface area contributed by atoms with Crippen LogP contribution in [0.1, 0.15) is 84.1 Å². The van der Waals surface area contributed by atoms with E-state index < -0.39 is 37.5 Å². The molecule has 1 saturated carbocycles. The summed E-state index contributed by atoms with van der Waals surface area (Å²) in [5.41, 5.74) is 1.18. The lowest BCUT2D eigenvalue weighted by Gasteiger charge is -2.30. The fourth-order valence-corrected chi connectivity index (χ4v) is 8.10. The molecule has 1 N–H and O–H groups in total. The molecule has 3 rings (SSSR count). The van der Waals surface area contributed by atoms with E-state index in [0.29, 0.717) is 25.3 Å². The number of carboxylic acids is 1. The molecular weight excluding hydrogens is 517 g/mol. The zero-order valence-corrected chi connectivity index (χ0v) is 24.7. The Morgan fingerprint density at radius 2 is 1.74 bits per heavy atom. The summed E-state index contributed by atoms with van der Waals surface area (Å²) in [6.07, 6.45) is 7.12. The highest BCUT2D eigenvalue weighted by Crippen LogP contribution is 2.51. The minimum atomic E-state index is -3.60. The first kappa shape index (κ1) is 31.3. The average Bonchev–Trinajstić information content (AvgIpc) is 3.38. The maximum absolute atomic E-state index is 14.2. The second-order valence-electron chi connectivity index (χ2n) is 11.5. The fourth-order valence-electron chi connectivity index (χ4n) is 5.80. The van der Waals surface area contributed by atoms with Gasteiger partial charge in [-0.2, -0.15) is 0 Å². The standard InChI is InChI=1S/C30H46NO7P/c1-4-28(33)37-30(22(2)3)38-39(36,18-12-11-15-23-13-7-5-8-14-23)21-27(32)31-20-25(19-26(31)29(34)35)24-16-9-6-10-17-24/h5,7-8,13-14,22,24-26,30H,4,6,9-12,15-21H2,1-3H3,(H,34,35)/t25-,26-,30-,39-/m1/s1. The van der Waals surface area contributed by atoms with Gasteiger partial charge >= 0.3 is 11.9 Å². The Morgan fingerprint density at radius 1 is 1.05 bits per heavy atom. The van der Waals surface area contributed by atoms with Crippen LogP contribution >= 0.6 is 7.37 Å². The summed E-state index contributed by atoms with van der Waals surface area (Å²) in [6.45, 7) is 5.68. The van der Waals surface area contributed by atoms with Gasteiger partial charge in [0, 0.05) is 25.0 Å². The van der Waals surface area contributed by atoms with Gasteiger partial charge < -0.3 is 14.7 Å². The van der Waals surface area contributed by atoms with Gasteiger partial charge in [0.2, 0.25) is 19.6 Å². The normalized spacial score (nSPS) is 22.4. The van der Waals surface area contributed by atoms with E-state index in [4.69, 9.17) is 9.26 Å². The second kappa shape index (κ2) is 15.0. The SMILES string of the molecule is CCC(=O)O[C@H](O[P@](=O)(CCCCc1ccccc1)CC(=O)N1C[C@H](C2CCCCC2)C[C@@H]1C(=O)O)C(C)C. The number of nitrogens with zero attached hydrogens (tertiary/aromatic N) is 1. The molecular formula is C30H46NO7P. The molecule has 1 saturated heterocycles. The van der Waals surface area contributed by atoms with Gasteiger partial charge in [-0.1, -0.05) is 83.2 Å². The van der Waals surface area contributed by atoms with E-state index >= 15 is 0 Å². The Kier molecular flexibility index (Phi) is 12.1. The number of unbranched alkanes of at least 4 members (excludes halogenated alkanes) is 1. The van der Waals surface area contributed by atoms with Crippen molar-refractivity contribution in [3.63, 3.8) is 0 Å². The monoisotopic (exact) mass is 563 g/mol. The molecule has 1 aromatic rings. The molecule has 1 amide bonds. The van der Waals surface area contributed by atoms with Crippen LogP contribution in [0.4, 0.5) is 0 Å². The molecule has 1 heterocycles. The van der Waals surface area contributed by atoms with Crippen LogP contribution in [0.5, 0.6) is 0 Å². The minimum absolute atomic E-state index is 0.149. The molecule has 0 spiro atoms. The lowest BCUT2D eigenvalue weighted by Crippen LogP contribution is -2.42. The molecule has 9 heteroatoms. The van der Waals surface area contributed by atoms with Gasteiger partial charge in [0.25, 0.3) is 0 Å². The highest BCUT2D eigenvalue weighted by molar-refractivity contribution is 7.59. The van der Waals surface area contributed by atoms with Crippen molar-refractivity contribution in [3.05, 3.63) is 35.9 Å². The van der Waals surface area contributed by atoms with Crippen LogP contribution in [-0.2, 0) is 34.6 Å². The number of likely N-dealkylation sites (tertiary alicyclic amines) is 1. The van der Waals surface area contributed by atoms with Crippen molar-refractivity contribution in [2.24, 2.45) is 17.8 Å². The van der Waals surface area contributed by atoms with Gasteiger partial charge in [0.1, 0.15) is 12.2 Å². The van der Waals surface area contributed by atoms with E-state index in [1.54, 1.807) is 6.92 Å². The number of carboxylic acid groups (broad SMARTS) is 1. The lowest BCUT2D eigenvalue weighted by molar-refractivity contribution is -0.169. The number of rotatable bonds is 14. The van der Waals surface area contributed by atoms with Crippen molar-refractivity contribution in [3.8, 4) is 0 Å². The number of hydrogen-bond acceptors (Lipinski definition) is 6. The van der Waals surface area contributed by atoms with Crippen LogP contribution in [0.2, 0.25) is 0 Å². The third-order valence-corrected chi connectivity index (χ3v) is 10.4. The summed E-state index contributed by atoms with van der Waals surface area (Å²) >= 11 is 0. The minimum Gasteiger partial charge on any atom is -0.480 e. The van der Waals surface area contributed by atoms with E-state index in [0.717, 1.165) is 38.5 Å². The number of carbonyl (C=O) groups is 3. The molecule has 1 aromatic carbocycles. The van der Waals surface area contributed by atoms with Crippen molar-refractivity contribution in [2.45, 2.75) is 97.3 Å². The fraction of sp³-hybridized carbons (Fsp3) is 0.700.